The number of nitrogens with one attached hydrogen (secondary N) is 1. The number of primary amides is 1. The Morgan fingerprint density at radius 2 is 2.54 bits per heavy atom. The first kappa shape index (κ1) is 9.57. The van der Waals surface area contributed by atoms with Crippen molar-refractivity contribution in [2.45, 2.75) is 13.3 Å². The zero-order chi connectivity index (χ0) is 9.84. The molecule has 72 valence electrons. The molecule has 1 rings (SSSR count). The molecule has 0 saturated heterocycles. The number of methoxy groups -OCH3 is 1. The number of hydrazone groups is 1. The Labute approximate surface area is 76.6 Å². The number of carbonyl (C=O) groups is 1. The molecular formula is C8H13N3O2. The van der Waals surface area contributed by atoms with Crippen LogP contribution in [0.5, 0.6) is 0 Å². The Bertz CT molecular complexity index is 271. The van der Waals surface area contributed by atoms with Gasteiger partial charge in [0.05, 0.1) is 7.11 Å². The maximum absolute atomic E-state index is 10.4. The van der Waals surface area contributed by atoms with Crippen LogP contribution in [0.2, 0.25) is 0 Å². The molecule has 0 spiro atoms. The topological polar surface area (TPSA) is 76.7 Å². The zero-order valence-corrected chi connectivity index (χ0v) is 7.70. The monoisotopic (exact) mass is 183 g/mol. The van der Waals surface area contributed by atoms with E-state index in [1.807, 2.05) is 13.0 Å². The molecule has 0 aromatic heterocycles. The first-order valence-corrected chi connectivity index (χ1v) is 4.01. The molecule has 1 unspecified atom stereocenters. The van der Waals surface area contributed by atoms with Crippen LogP contribution in [0.15, 0.2) is 16.9 Å². The number of nitrogens with two attached hydrogens (primary N) is 1. The Hall–Kier alpha value is -1.52. The Balaban J connectivity index is 2.66. The van der Waals surface area contributed by atoms with Crippen LogP contribution in [0.1, 0.15) is 13.3 Å². The summed E-state index contributed by atoms with van der Waals surface area (Å²) in [6.45, 7) is 2.05. The molecule has 3 N–H and O–H groups in total. The second-order valence-electron chi connectivity index (χ2n) is 2.95. The van der Waals surface area contributed by atoms with Gasteiger partial charge in [0.2, 0.25) is 0 Å². The molecule has 0 aliphatic heterocycles. The molecule has 13 heavy (non-hydrogen) atoms. The van der Waals surface area contributed by atoms with Crippen molar-refractivity contribution in [1.29, 1.82) is 0 Å². The lowest BCUT2D eigenvalue weighted by atomic mass is 10.1. The summed E-state index contributed by atoms with van der Waals surface area (Å²) in [4.78, 5) is 10.4. The molecule has 0 radical (unpaired) electrons. The lowest BCUT2D eigenvalue weighted by Gasteiger charge is -2.02. The van der Waals surface area contributed by atoms with Gasteiger partial charge >= 0.3 is 6.03 Å². The molecule has 0 heterocycles. The number of rotatable bonds is 2. The Kier molecular flexibility index (Phi) is 2.89. The number of urea groups is 1. The fourth-order valence-corrected chi connectivity index (χ4v) is 1.23. The van der Waals surface area contributed by atoms with Gasteiger partial charge in [-0.1, -0.05) is 6.92 Å². The minimum absolute atomic E-state index is 0.392. The SMILES string of the molecule is COC1=CC(C)C/C1=N\NC(N)=O. The van der Waals surface area contributed by atoms with E-state index in [-0.39, 0.29) is 0 Å². The van der Waals surface area contributed by atoms with Gasteiger partial charge in [-0.05, 0) is 12.0 Å². The van der Waals surface area contributed by atoms with Crippen molar-refractivity contribution < 1.29 is 9.53 Å². The average molecular weight is 183 g/mol. The highest BCUT2D eigenvalue weighted by atomic mass is 16.5. The number of allylic oxidation sites excluding steroid dienone is 2. The molecule has 0 bridgehead atoms. The van der Waals surface area contributed by atoms with E-state index in [9.17, 15) is 4.79 Å². The van der Waals surface area contributed by atoms with Gasteiger partial charge in [-0.3, -0.25) is 0 Å². The molecule has 0 aromatic carbocycles. The minimum atomic E-state index is -0.664. The number of hydrogen-bond donors (Lipinski definition) is 2. The van der Waals surface area contributed by atoms with Crippen molar-refractivity contribution in [3.05, 3.63) is 11.8 Å². The van der Waals surface area contributed by atoms with Gasteiger partial charge in [0.15, 0.2) is 0 Å². The van der Waals surface area contributed by atoms with E-state index >= 15 is 0 Å². The maximum Gasteiger partial charge on any atom is 0.332 e. The first-order chi connectivity index (χ1) is 6.13. The van der Waals surface area contributed by atoms with Crippen LogP contribution in [0, 0.1) is 5.92 Å². The van der Waals surface area contributed by atoms with Crippen molar-refractivity contribution >= 4 is 11.7 Å². The second kappa shape index (κ2) is 3.93. The summed E-state index contributed by atoms with van der Waals surface area (Å²) in [5.41, 5.74) is 7.78. The summed E-state index contributed by atoms with van der Waals surface area (Å²) in [5.74, 6) is 1.10. The third-order valence-corrected chi connectivity index (χ3v) is 1.76. The van der Waals surface area contributed by atoms with Gasteiger partial charge < -0.3 is 10.5 Å². The van der Waals surface area contributed by atoms with E-state index in [1.165, 1.54) is 0 Å². The average Bonchev–Trinajstić information content (AvgIpc) is 2.42. The van der Waals surface area contributed by atoms with Crippen LogP contribution in [-0.2, 0) is 4.74 Å². The molecule has 0 saturated carbocycles. The van der Waals surface area contributed by atoms with Crippen LogP contribution in [0.3, 0.4) is 0 Å². The standard InChI is InChI=1S/C8H13N3O2/c1-5-3-6(7(4-5)13-2)10-11-8(9)12/h4-5H,3H2,1-2H3,(H3,9,11,12)/b10-6+. The van der Waals surface area contributed by atoms with Crippen molar-refractivity contribution in [3.8, 4) is 0 Å². The maximum atomic E-state index is 10.4. The number of ether oxygens (including phenoxy) is 1. The summed E-state index contributed by atoms with van der Waals surface area (Å²) in [6.07, 6.45) is 2.73. The van der Waals surface area contributed by atoms with Crippen LogP contribution in [0.4, 0.5) is 4.79 Å². The van der Waals surface area contributed by atoms with Crippen molar-refractivity contribution in [2.24, 2.45) is 16.8 Å². The minimum Gasteiger partial charge on any atom is -0.495 e. The number of amides is 2. The first-order valence-electron chi connectivity index (χ1n) is 4.01. The molecule has 2 amide bonds. The van der Waals surface area contributed by atoms with E-state index in [0.717, 1.165) is 12.1 Å². The van der Waals surface area contributed by atoms with Gasteiger partial charge in [0.25, 0.3) is 0 Å². The fourth-order valence-electron chi connectivity index (χ4n) is 1.23. The molecule has 1 aliphatic carbocycles. The second-order valence-corrected chi connectivity index (χ2v) is 2.95. The summed E-state index contributed by atoms with van der Waals surface area (Å²) in [7, 11) is 1.57. The molecular weight excluding hydrogens is 170 g/mol. The summed E-state index contributed by atoms with van der Waals surface area (Å²) in [6, 6.07) is -0.664. The third-order valence-electron chi connectivity index (χ3n) is 1.76. The van der Waals surface area contributed by atoms with Crippen molar-refractivity contribution in [3.63, 3.8) is 0 Å². The van der Waals surface area contributed by atoms with Gasteiger partial charge in [-0.15, -0.1) is 0 Å². The summed E-state index contributed by atoms with van der Waals surface area (Å²) >= 11 is 0. The van der Waals surface area contributed by atoms with Gasteiger partial charge in [0, 0.05) is 6.42 Å². The Morgan fingerprint density at radius 1 is 1.85 bits per heavy atom. The van der Waals surface area contributed by atoms with E-state index in [1.54, 1.807) is 7.11 Å². The number of hydrogen-bond acceptors (Lipinski definition) is 3. The number of nitrogens with zero attached hydrogens (tertiary/aromatic N) is 1. The summed E-state index contributed by atoms with van der Waals surface area (Å²) in [5, 5.41) is 3.82. The molecule has 0 fully saturated rings. The van der Waals surface area contributed by atoms with E-state index < -0.39 is 6.03 Å². The van der Waals surface area contributed by atoms with Crippen LogP contribution in [-0.4, -0.2) is 18.9 Å². The highest BCUT2D eigenvalue weighted by Gasteiger charge is 2.19. The van der Waals surface area contributed by atoms with E-state index in [2.05, 4.69) is 10.5 Å². The van der Waals surface area contributed by atoms with Crippen LogP contribution < -0.4 is 11.2 Å². The van der Waals surface area contributed by atoms with Crippen LogP contribution in [0.25, 0.3) is 0 Å². The van der Waals surface area contributed by atoms with Gasteiger partial charge in [-0.2, -0.15) is 5.10 Å². The van der Waals surface area contributed by atoms with Gasteiger partial charge in [0.1, 0.15) is 11.5 Å². The predicted molar refractivity (Wildman–Crippen MR) is 49.0 cm³/mol. The molecule has 5 heteroatoms. The zero-order valence-electron chi connectivity index (χ0n) is 7.70. The molecule has 1 atom stereocenters. The largest absolute Gasteiger partial charge is 0.495 e. The van der Waals surface area contributed by atoms with Crippen molar-refractivity contribution in [2.75, 3.05) is 7.11 Å². The highest BCUT2D eigenvalue weighted by molar-refractivity contribution is 6.01. The normalized spacial score (nSPS) is 24.3. The molecule has 0 aromatic rings. The van der Waals surface area contributed by atoms with Crippen LogP contribution >= 0.6 is 0 Å². The van der Waals surface area contributed by atoms with Crippen molar-refractivity contribution in [1.82, 2.24) is 5.43 Å². The molecule has 1 aliphatic rings. The molecule has 5 nitrogen and oxygen atoms in total. The van der Waals surface area contributed by atoms with E-state index in [4.69, 9.17) is 10.5 Å². The smallest absolute Gasteiger partial charge is 0.332 e. The lowest BCUT2D eigenvalue weighted by Crippen LogP contribution is -2.26. The lowest BCUT2D eigenvalue weighted by molar-refractivity contribution is 0.249. The third kappa shape index (κ3) is 2.47. The number of carbonyl (C=O) groups excluding carboxylic acids is 1. The highest BCUT2D eigenvalue weighted by Crippen LogP contribution is 2.21. The quantitative estimate of drug-likeness (QED) is 0.614. The fraction of sp³-hybridized carbons (Fsp3) is 0.500. The Morgan fingerprint density at radius 3 is 3.08 bits per heavy atom. The van der Waals surface area contributed by atoms with Gasteiger partial charge in [-0.25, -0.2) is 10.2 Å². The predicted octanol–water partition coefficient (Wildman–Crippen LogP) is 0.581. The summed E-state index contributed by atoms with van der Waals surface area (Å²) < 4.78 is 5.06. The van der Waals surface area contributed by atoms with E-state index in [0.29, 0.717) is 11.7 Å².